The van der Waals surface area contributed by atoms with Crippen LogP contribution in [0.5, 0.6) is 0 Å². The second kappa shape index (κ2) is 5.34. The molecule has 4 rings (SSSR count). The highest BCUT2D eigenvalue weighted by molar-refractivity contribution is 5.89. The van der Waals surface area contributed by atoms with Crippen molar-refractivity contribution in [3.63, 3.8) is 0 Å². The highest BCUT2D eigenvalue weighted by Gasteiger charge is 2.22. The Hall–Kier alpha value is -2.55. The Kier molecular flexibility index (Phi) is 3.19. The van der Waals surface area contributed by atoms with Crippen molar-refractivity contribution < 1.29 is 4.79 Å². The van der Waals surface area contributed by atoms with E-state index in [2.05, 4.69) is 40.6 Å². The number of H-pyrrole nitrogens is 1. The van der Waals surface area contributed by atoms with Gasteiger partial charge >= 0.3 is 0 Å². The number of carbonyl (C=O) groups excluding carboxylic acids is 1. The Bertz CT molecular complexity index is 809. The maximum atomic E-state index is 12.3. The summed E-state index contributed by atoms with van der Waals surface area (Å²) >= 11 is 0. The molecule has 1 aromatic heterocycles. The summed E-state index contributed by atoms with van der Waals surface area (Å²) in [4.78, 5) is 15.6. The second-order valence-electron chi connectivity index (χ2n) is 5.98. The highest BCUT2D eigenvalue weighted by Crippen LogP contribution is 2.22. The van der Waals surface area contributed by atoms with Gasteiger partial charge in [0.2, 0.25) is 5.91 Å². The molecule has 2 aromatic carbocycles. The molecule has 1 aliphatic rings. The van der Waals surface area contributed by atoms with Crippen LogP contribution >= 0.6 is 0 Å². The molecule has 22 heavy (non-hydrogen) atoms. The van der Waals surface area contributed by atoms with Crippen LogP contribution in [-0.2, 0) is 24.1 Å². The van der Waals surface area contributed by atoms with Gasteiger partial charge in [0.15, 0.2) is 0 Å². The number of carbonyl (C=O) groups is 1. The summed E-state index contributed by atoms with van der Waals surface area (Å²) in [7, 11) is 0. The lowest BCUT2D eigenvalue weighted by atomic mass is 10.1. The van der Waals surface area contributed by atoms with Crippen molar-refractivity contribution in [3.05, 3.63) is 71.4 Å². The number of aromatic nitrogens is 1. The van der Waals surface area contributed by atoms with E-state index in [4.69, 9.17) is 0 Å². The number of aromatic amines is 1. The molecule has 0 radical (unpaired) electrons. The van der Waals surface area contributed by atoms with Crippen LogP contribution in [0.1, 0.15) is 16.7 Å². The van der Waals surface area contributed by atoms with Crippen molar-refractivity contribution in [2.24, 2.45) is 0 Å². The molecule has 3 nitrogen and oxygen atoms in total. The lowest BCUT2D eigenvalue weighted by molar-refractivity contribution is -0.121. The average Bonchev–Trinajstić information content (AvgIpc) is 3.11. The Morgan fingerprint density at radius 1 is 1.05 bits per heavy atom. The van der Waals surface area contributed by atoms with Gasteiger partial charge in [-0.05, 0) is 35.6 Å². The number of benzene rings is 2. The fourth-order valence-corrected chi connectivity index (χ4v) is 3.39. The number of nitrogens with one attached hydrogen (secondary N) is 2. The van der Waals surface area contributed by atoms with Crippen LogP contribution in [0.2, 0.25) is 0 Å². The fraction of sp³-hybridized carbons (Fsp3) is 0.211. The monoisotopic (exact) mass is 290 g/mol. The quantitative estimate of drug-likeness (QED) is 0.765. The van der Waals surface area contributed by atoms with Crippen molar-refractivity contribution in [3.8, 4) is 0 Å². The number of rotatable bonds is 3. The lowest BCUT2D eigenvalue weighted by Gasteiger charge is -2.11. The molecule has 2 N–H and O–H groups in total. The molecule has 0 fully saturated rings. The van der Waals surface area contributed by atoms with Crippen LogP contribution in [0.15, 0.2) is 54.7 Å². The molecule has 0 spiro atoms. The van der Waals surface area contributed by atoms with E-state index in [0.29, 0.717) is 6.42 Å². The van der Waals surface area contributed by atoms with Crippen molar-refractivity contribution in [2.45, 2.75) is 25.3 Å². The van der Waals surface area contributed by atoms with E-state index in [-0.39, 0.29) is 11.9 Å². The molecule has 3 heteroatoms. The maximum absolute atomic E-state index is 12.3. The third-order valence-electron chi connectivity index (χ3n) is 4.44. The van der Waals surface area contributed by atoms with Gasteiger partial charge in [0.05, 0.1) is 6.42 Å². The van der Waals surface area contributed by atoms with Gasteiger partial charge in [-0.2, -0.15) is 0 Å². The van der Waals surface area contributed by atoms with Gasteiger partial charge in [-0.1, -0.05) is 42.5 Å². The molecule has 110 valence electrons. The average molecular weight is 290 g/mol. The van der Waals surface area contributed by atoms with Gasteiger partial charge in [0, 0.05) is 23.1 Å². The van der Waals surface area contributed by atoms with Crippen LogP contribution < -0.4 is 5.32 Å². The summed E-state index contributed by atoms with van der Waals surface area (Å²) in [6, 6.07) is 16.8. The van der Waals surface area contributed by atoms with Gasteiger partial charge in [0.25, 0.3) is 0 Å². The number of para-hydroxylation sites is 1. The smallest absolute Gasteiger partial charge is 0.224 e. The normalized spacial score (nSPS) is 14.2. The minimum Gasteiger partial charge on any atom is -0.361 e. The van der Waals surface area contributed by atoms with Crippen molar-refractivity contribution >= 4 is 16.8 Å². The Morgan fingerprint density at radius 3 is 2.50 bits per heavy atom. The molecule has 0 bridgehead atoms. The van der Waals surface area contributed by atoms with Gasteiger partial charge in [-0.15, -0.1) is 0 Å². The Balaban J connectivity index is 1.44. The number of hydrogen-bond acceptors (Lipinski definition) is 1. The molecule has 1 amide bonds. The molecular weight excluding hydrogens is 272 g/mol. The molecule has 1 heterocycles. The standard InChI is InChI=1S/C19H18N2O/c22-19(11-15-12-20-18-8-4-3-7-17(15)18)21-16-9-13-5-1-2-6-14(13)10-16/h1-8,12,16,20H,9-11H2,(H,21,22). The first-order chi connectivity index (χ1) is 10.8. The SMILES string of the molecule is O=C(Cc1c[nH]c2ccccc12)NC1Cc2ccccc2C1. The third kappa shape index (κ3) is 2.39. The molecule has 0 saturated carbocycles. The Labute approximate surface area is 129 Å². The maximum Gasteiger partial charge on any atom is 0.224 e. The zero-order chi connectivity index (χ0) is 14.9. The first-order valence-electron chi connectivity index (χ1n) is 7.71. The van der Waals surface area contributed by atoms with E-state index in [1.807, 2.05) is 24.4 Å². The third-order valence-corrected chi connectivity index (χ3v) is 4.44. The van der Waals surface area contributed by atoms with Crippen molar-refractivity contribution in [2.75, 3.05) is 0 Å². The van der Waals surface area contributed by atoms with Crippen LogP contribution in [0.3, 0.4) is 0 Å². The summed E-state index contributed by atoms with van der Waals surface area (Å²) in [5.41, 5.74) is 4.86. The van der Waals surface area contributed by atoms with E-state index in [0.717, 1.165) is 29.3 Å². The highest BCUT2D eigenvalue weighted by atomic mass is 16.1. The van der Waals surface area contributed by atoms with Gasteiger partial charge in [0.1, 0.15) is 0 Å². The lowest BCUT2D eigenvalue weighted by Crippen LogP contribution is -2.36. The van der Waals surface area contributed by atoms with Gasteiger partial charge in [-0.3, -0.25) is 4.79 Å². The zero-order valence-corrected chi connectivity index (χ0v) is 12.3. The zero-order valence-electron chi connectivity index (χ0n) is 12.3. The molecule has 0 unspecified atom stereocenters. The summed E-state index contributed by atoms with van der Waals surface area (Å²) in [5.74, 6) is 0.0996. The minimum atomic E-state index is 0.0996. The van der Waals surface area contributed by atoms with E-state index < -0.39 is 0 Å². The summed E-state index contributed by atoms with van der Waals surface area (Å²) in [6.07, 6.45) is 4.25. The first kappa shape index (κ1) is 13.1. The molecule has 3 aromatic rings. The topological polar surface area (TPSA) is 44.9 Å². The van der Waals surface area contributed by atoms with E-state index >= 15 is 0 Å². The van der Waals surface area contributed by atoms with E-state index in [1.54, 1.807) is 0 Å². The number of fused-ring (bicyclic) bond motifs is 2. The number of amides is 1. The second-order valence-corrected chi connectivity index (χ2v) is 5.98. The van der Waals surface area contributed by atoms with Gasteiger partial charge < -0.3 is 10.3 Å². The molecule has 0 saturated heterocycles. The predicted octanol–water partition coefficient (Wildman–Crippen LogP) is 2.99. The summed E-state index contributed by atoms with van der Waals surface area (Å²) in [6.45, 7) is 0. The van der Waals surface area contributed by atoms with Crippen molar-refractivity contribution in [1.29, 1.82) is 0 Å². The Morgan fingerprint density at radius 2 is 1.73 bits per heavy atom. The molecule has 1 aliphatic carbocycles. The largest absolute Gasteiger partial charge is 0.361 e. The summed E-state index contributed by atoms with van der Waals surface area (Å²) < 4.78 is 0. The van der Waals surface area contributed by atoms with E-state index in [1.165, 1.54) is 11.1 Å². The van der Waals surface area contributed by atoms with Crippen LogP contribution in [-0.4, -0.2) is 16.9 Å². The van der Waals surface area contributed by atoms with E-state index in [9.17, 15) is 4.79 Å². The van der Waals surface area contributed by atoms with Crippen LogP contribution in [0.4, 0.5) is 0 Å². The fourth-order valence-electron chi connectivity index (χ4n) is 3.39. The van der Waals surface area contributed by atoms with Crippen LogP contribution in [0.25, 0.3) is 10.9 Å². The van der Waals surface area contributed by atoms with Crippen LogP contribution in [0, 0.1) is 0 Å². The summed E-state index contributed by atoms with van der Waals surface area (Å²) in [5, 5.41) is 4.31. The number of hydrogen-bond donors (Lipinski definition) is 2. The predicted molar refractivity (Wildman–Crippen MR) is 87.8 cm³/mol. The molecular formula is C19H18N2O. The minimum absolute atomic E-state index is 0.0996. The molecule has 0 aliphatic heterocycles. The van der Waals surface area contributed by atoms with Crippen molar-refractivity contribution in [1.82, 2.24) is 10.3 Å². The first-order valence-corrected chi connectivity index (χ1v) is 7.71. The molecule has 0 atom stereocenters. The van der Waals surface area contributed by atoms with Gasteiger partial charge in [-0.25, -0.2) is 0 Å².